The minimum absolute atomic E-state index is 0.0422. The molecule has 0 radical (unpaired) electrons. The number of nitrogens with zero attached hydrogens (tertiary/aromatic N) is 3. The number of hydrogen-bond donors (Lipinski definition) is 1. The van der Waals surface area contributed by atoms with Crippen LogP contribution in [0, 0.1) is 5.92 Å². The highest BCUT2D eigenvalue weighted by Crippen LogP contribution is 2.30. The minimum Gasteiger partial charge on any atom is -0.492 e. The normalized spacial score (nSPS) is 20.2. The van der Waals surface area contributed by atoms with Crippen molar-refractivity contribution in [1.29, 1.82) is 0 Å². The van der Waals surface area contributed by atoms with Crippen LogP contribution in [0.3, 0.4) is 0 Å². The molecule has 0 bridgehead atoms. The maximum Gasteiger partial charge on any atom is 0.259 e. The first kappa shape index (κ1) is 22.3. The molecule has 8 nitrogen and oxygen atoms in total. The van der Waals surface area contributed by atoms with Crippen LogP contribution < -0.4 is 10.5 Å². The van der Waals surface area contributed by atoms with E-state index >= 15 is 0 Å². The number of rotatable bonds is 5. The Balaban J connectivity index is 1.45. The number of benzene rings is 1. The number of hydrogen-bond acceptors (Lipinski definition) is 6. The molecule has 170 valence electrons. The molecule has 2 aliphatic heterocycles. The fourth-order valence-corrected chi connectivity index (χ4v) is 5.45. The number of carbonyl (C=O) groups excluding carboxylic acids is 1. The van der Waals surface area contributed by atoms with Crippen molar-refractivity contribution in [3.8, 4) is 5.75 Å². The molecule has 0 unspecified atom stereocenters. The lowest BCUT2D eigenvalue weighted by molar-refractivity contribution is -0.138. The second-order valence-corrected chi connectivity index (χ2v) is 10.5. The first-order valence-electron chi connectivity index (χ1n) is 10.7. The van der Waals surface area contributed by atoms with Crippen molar-refractivity contribution in [2.75, 3.05) is 19.7 Å². The minimum atomic E-state index is -3.59. The predicted octanol–water partition coefficient (Wildman–Crippen LogP) is 2.23. The molecule has 1 aromatic carbocycles. The number of likely N-dealkylation sites (tertiary alicyclic amines) is 1. The fourth-order valence-electron chi connectivity index (χ4n) is 4.36. The lowest BCUT2D eigenvalue weighted by Gasteiger charge is -2.37. The number of piperidine rings is 1. The largest absolute Gasteiger partial charge is 0.492 e. The van der Waals surface area contributed by atoms with Gasteiger partial charge in [-0.1, -0.05) is 18.2 Å². The van der Waals surface area contributed by atoms with E-state index in [0.717, 1.165) is 18.5 Å². The summed E-state index contributed by atoms with van der Waals surface area (Å²) in [6.45, 7) is 5.53. The lowest BCUT2D eigenvalue weighted by Crippen LogP contribution is -2.49. The number of carbonyl (C=O) groups is 1. The van der Waals surface area contributed by atoms with Crippen LogP contribution in [0.15, 0.2) is 47.0 Å². The van der Waals surface area contributed by atoms with E-state index in [1.165, 1.54) is 0 Å². The van der Waals surface area contributed by atoms with E-state index in [-0.39, 0.29) is 23.4 Å². The topological polar surface area (TPSA) is 115 Å². The number of amides is 1. The Morgan fingerprint density at radius 2 is 2.06 bits per heavy atom. The van der Waals surface area contributed by atoms with Gasteiger partial charge < -0.3 is 15.4 Å². The summed E-state index contributed by atoms with van der Waals surface area (Å²) >= 11 is 0. The number of sulfonamides is 1. The highest BCUT2D eigenvalue weighted by atomic mass is 32.2. The molecule has 3 heterocycles. The Morgan fingerprint density at radius 3 is 2.81 bits per heavy atom. The Hall–Kier alpha value is -2.94. The maximum absolute atomic E-state index is 13.3. The summed E-state index contributed by atoms with van der Waals surface area (Å²) in [5.74, 6) is 0.512. The predicted molar refractivity (Wildman–Crippen MR) is 122 cm³/mol. The Labute approximate surface area is 188 Å². The monoisotopic (exact) mass is 456 g/mol. The van der Waals surface area contributed by atoms with Gasteiger partial charge in [0.1, 0.15) is 11.6 Å². The van der Waals surface area contributed by atoms with Crippen molar-refractivity contribution in [3.05, 3.63) is 59.4 Å². The van der Waals surface area contributed by atoms with Crippen molar-refractivity contribution in [1.82, 2.24) is 9.88 Å². The average molecular weight is 457 g/mol. The molecule has 2 N–H and O–H groups in total. The molecule has 2 aliphatic rings. The van der Waals surface area contributed by atoms with E-state index in [4.69, 9.17) is 10.5 Å². The van der Waals surface area contributed by atoms with E-state index in [2.05, 4.69) is 9.38 Å². The molecule has 9 heteroatoms. The highest BCUT2D eigenvalue weighted by molar-refractivity contribution is 7.89. The van der Waals surface area contributed by atoms with Crippen LogP contribution in [0.25, 0.3) is 0 Å². The molecule has 0 spiro atoms. The molecule has 4 rings (SSSR count). The van der Waals surface area contributed by atoms with Crippen molar-refractivity contribution >= 4 is 21.8 Å². The SMILES string of the molecule is CC(C)(C(=O)N1CCC[C@H](COc2cccc3c2C(N)=NS(=O)(=O)C3)C1)c1ccccn1. The maximum atomic E-state index is 13.3. The fraction of sp³-hybridized carbons (Fsp3) is 0.435. The Bertz CT molecular complexity index is 1150. The first-order chi connectivity index (χ1) is 15.2. The quantitative estimate of drug-likeness (QED) is 0.738. The van der Waals surface area contributed by atoms with Crippen LogP contribution in [0.1, 0.15) is 43.5 Å². The van der Waals surface area contributed by atoms with Crippen molar-refractivity contribution in [2.45, 2.75) is 37.9 Å². The molecule has 0 saturated carbocycles. The van der Waals surface area contributed by atoms with Gasteiger partial charge in [0, 0.05) is 25.2 Å². The van der Waals surface area contributed by atoms with Gasteiger partial charge in [0.25, 0.3) is 10.0 Å². The zero-order chi connectivity index (χ0) is 22.9. The number of amidine groups is 1. The van der Waals surface area contributed by atoms with E-state index in [1.54, 1.807) is 24.4 Å². The van der Waals surface area contributed by atoms with E-state index in [0.29, 0.717) is 36.6 Å². The molecule has 1 aromatic heterocycles. The van der Waals surface area contributed by atoms with Gasteiger partial charge in [-0.05, 0) is 50.5 Å². The summed E-state index contributed by atoms with van der Waals surface area (Å²) in [7, 11) is -3.59. The zero-order valence-electron chi connectivity index (χ0n) is 18.3. The molecule has 1 saturated heterocycles. The third kappa shape index (κ3) is 4.48. The van der Waals surface area contributed by atoms with E-state index in [9.17, 15) is 13.2 Å². The smallest absolute Gasteiger partial charge is 0.259 e. The lowest BCUT2D eigenvalue weighted by atomic mass is 9.85. The summed E-state index contributed by atoms with van der Waals surface area (Å²) < 4.78 is 33.5. The number of pyridine rings is 1. The Kier molecular flexibility index (Phi) is 5.94. The summed E-state index contributed by atoms with van der Waals surface area (Å²) in [6.07, 6.45) is 3.55. The standard InChI is InChI=1S/C23H28N4O4S/c1-23(2,19-10-3-4-11-25-19)22(28)27-12-6-7-16(13-27)14-31-18-9-5-8-17-15-32(29,30)26-21(24)20(17)18/h3-5,8-11,16H,6-7,12-15H2,1-2H3,(H2,24,26)/t16-/m0/s1. The van der Waals surface area contributed by atoms with Crippen LogP contribution in [-0.4, -0.2) is 49.7 Å². The van der Waals surface area contributed by atoms with E-state index in [1.807, 2.05) is 36.9 Å². The average Bonchev–Trinajstić information content (AvgIpc) is 2.76. The van der Waals surface area contributed by atoms with Crippen molar-refractivity contribution in [3.63, 3.8) is 0 Å². The van der Waals surface area contributed by atoms with Gasteiger partial charge in [0.2, 0.25) is 5.91 Å². The third-order valence-electron chi connectivity index (χ3n) is 6.06. The first-order valence-corrected chi connectivity index (χ1v) is 12.3. The van der Waals surface area contributed by atoms with Crippen LogP contribution in [0.5, 0.6) is 5.75 Å². The van der Waals surface area contributed by atoms with Gasteiger partial charge in [-0.25, -0.2) is 8.42 Å². The molecule has 0 aliphatic carbocycles. The van der Waals surface area contributed by atoms with Gasteiger partial charge in [-0.3, -0.25) is 9.78 Å². The second kappa shape index (κ2) is 8.54. The molecular weight excluding hydrogens is 428 g/mol. The van der Waals surface area contributed by atoms with Crippen molar-refractivity contribution < 1.29 is 17.9 Å². The van der Waals surface area contributed by atoms with Gasteiger partial charge in [-0.15, -0.1) is 4.40 Å². The molecular formula is C23H28N4O4S. The van der Waals surface area contributed by atoms with Crippen LogP contribution >= 0.6 is 0 Å². The van der Waals surface area contributed by atoms with Gasteiger partial charge in [0.15, 0.2) is 0 Å². The number of aromatic nitrogens is 1. The summed E-state index contributed by atoms with van der Waals surface area (Å²) in [5, 5.41) is 0. The number of ether oxygens (including phenoxy) is 1. The Morgan fingerprint density at radius 1 is 1.25 bits per heavy atom. The van der Waals surface area contributed by atoms with Gasteiger partial charge in [0.05, 0.1) is 29.0 Å². The van der Waals surface area contributed by atoms with Crippen LogP contribution in [-0.2, 0) is 26.0 Å². The highest BCUT2D eigenvalue weighted by Gasteiger charge is 2.37. The number of nitrogens with two attached hydrogens (primary N) is 1. The molecule has 1 fully saturated rings. The third-order valence-corrected chi connectivity index (χ3v) is 7.22. The van der Waals surface area contributed by atoms with Gasteiger partial charge >= 0.3 is 0 Å². The van der Waals surface area contributed by atoms with Gasteiger partial charge in [-0.2, -0.15) is 0 Å². The van der Waals surface area contributed by atoms with E-state index < -0.39 is 15.4 Å². The second-order valence-electron chi connectivity index (χ2n) is 8.90. The summed E-state index contributed by atoms with van der Waals surface area (Å²) in [4.78, 5) is 19.6. The molecule has 1 atom stereocenters. The van der Waals surface area contributed by atoms with Crippen LogP contribution in [0.4, 0.5) is 0 Å². The molecule has 32 heavy (non-hydrogen) atoms. The van der Waals surface area contributed by atoms with Crippen LogP contribution in [0.2, 0.25) is 0 Å². The molecule has 1 amide bonds. The summed E-state index contributed by atoms with van der Waals surface area (Å²) in [6, 6.07) is 10.9. The number of fused-ring (bicyclic) bond motifs is 1. The van der Waals surface area contributed by atoms with Crippen molar-refractivity contribution in [2.24, 2.45) is 16.0 Å². The molecule has 2 aromatic rings. The zero-order valence-corrected chi connectivity index (χ0v) is 19.1. The summed E-state index contributed by atoms with van der Waals surface area (Å²) in [5.41, 5.74) is 7.11.